The van der Waals surface area contributed by atoms with Crippen molar-refractivity contribution >= 4 is 15.9 Å². The monoisotopic (exact) mass is 352 g/mol. The average molecular weight is 353 g/mol. The molecule has 0 aliphatic rings. The number of nitrogens with one attached hydrogen (secondary N) is 1. The molecular weight excluding hydrogens is 332 g/mol. The van der Waals surface area contributed by atoms with Gasteiger partial charge in [-0.15, -0.1) is 0 Å². The normalized spacial score (nSPS) is 11.1. The van der Waals surface area contributed by atoms with Crippen LogP contribution in [0.15, 0.2) is 33.3 Å². The van der Waals surface area contributed by atoms with Gasteiger partial charge in [-0.2, -0.15) is 0 Å². The van der Waals surface area contributed by atoms with Crippen LogP contribution in [-0.4, -0.2) is 11.7 Å². The molecule has 21 heavy (non-hydrogen) atoms. The third-order valence-corrected chi connectivity index (χ3v) is 3.58. The summed E-state index contributed by atoms with van der Waals surface area (Å²) in [4.78, 5) is 0. The van der Waals surface area contributed by atoms with Crippen molar-refractivity contribution in [3.8, 4) is 5.75 Å². The molecule has 0 atom stereocenters. The molecule has 0 spiro atoms. The lowest BCUT2D eigenvalue weighted by Gasteiger charge is -2.14. The summed E-state index contributed by atoms with van der Waals surface area (Å²) >= 11 is 3.55. The summed E-state index contributed by atoms with van der Waals surface area (Å²) in [7, 11) is 0. The summed E-state index contributed by atoms with van der Waals surface area (Å²) < 4.78 is 11.9. The highest BCUT2D eigenvalue weighted by Crippen LogP contribution is 2.29. The number of ether oxygens (including phenoxy) is 1. The fourth-order valence-corrected chi connectivity index (χ4v) is 2.50. The molecule has 0 fully saturated rings. The lowest BCUT2D eigenvalue weighted by molar-refractivity contribution is 0.283. The summed E-state index contributed by atoms with van der Waals surface area (Å²) in [6.07, 6.45) is 0. The minimum Gasteiger partial charge on any atom is -0.486 e. The Kier molecular flexibility index (Phi) is 5.82. The SMILES string of the molecule is Cc1cc(COc2c(Br)cccc2CNCC(C)C)no1. The number of aryl methyl sites for hydroxylation is 1. The van der Waals surface area contributed by atoms with Gasteiger partial charge in [0.2, 0.25) is 0 Å². The van der Waals surface area contributed by atoms with E-state index in [1.807, 2.05) is 25.1 Å². The van der Waals surface area contributed by atoms with Crippen LogP contribution in [0.4, 0.5) is 0 Å². The molecule has 1 N–H and O–H groups in total. The maximum Gasteiger partial charge on any atom is 0.138 e. The Balaban J connectivity index is 2.02. The van der Waals surface area contributed by atoms with Crippen LogP contribution in [0.25, 0.3) is 0 Å². The minimum atomic E-state index is 0.400. The molecule has 2 aromatic rings. The van der Waals surface area contributed by atoms with Crippen LogP contribution in [-0.2, 0) is 13.2 Å². The van der Waals surface area contributed by atoms with E-state index in [-0.39, 0.29) is 0 Å². The number of hydrogen-bond donors (Lipinski definition) is 1. The maximum atomic E-state index is 5.92. The highest BCUT2D eigenvalue weighted by Gasteiger charge is 2.10. The molecular formula is C16H21BrN2O2. The van der Waals surface area contributed by atoms with Gasteiger partial charge < -0.3 is 14.6 Å². The smallest absolute Gasteiger partial charge is 0.138 e. The average Bonchev–Trinajstić information content (AvgIpc) is 2.83. The van der Waals surface area contributed by atoms with Crippen molar-refractivity contribution in [3.05, 3.63) is 45.8 Å². The lowest BCUT2D eigenvalue weighted by Crippen LogP contribution is -2.19. The second kappa shape index (κ2) is 7.61. The summed E-state index contributed by atoms with van der Waals surface area (Å²) in [5.74, 6) is 2.27. The number of benzene rings is 1. The quantitative estimate of drug-likeness (QED) is 0.815. The molecule has 4 nitrogen and oxygen atoms in total. The number of para-hydroxylation sites is 1. The molecule has 1 aromatic carbocycles. The molecule has 1 heterocycles. The van der Waals surface area contributed by atoms with Gasteiger partial charge in [-0.3, -0.25) is 0 Å². The van der Waals surface area contributed by atoms with Gasteiger partial charge in [-0.05, 0) is 41.4 Å². The largest absolute Gasteiger partial charge is 0.486 e. The highest BCUT2D eigenvalue weighted by atomic mass is 79.9. The molecule has 0 aliphatic carbocycles. The number of hydrogen-bond acceptors (Lipinski definition) is 4. The van der Waals surface area contributed by atoms with Crippen molar-refractivity contribution in [2.24, 2.45) is 5.92 Å². The molecule has 0 radical (unpaired) electrons. The van der Waals surface area contributed by atoms with Crippen LogP contribution in [0.3, 0.4) is 0 Å². The van der Waals surface area contributed by atoms with Gasteiger partial charge in [0.15, 0.2) is 0 Å². The fraction of sp³-hybridized carbons (Fsp3) is 0.438. The molecule has 0 aliphatic heterocycles. The van der Waals surface area contributed by atoms with Crippen LogP contribution in [0.5, 0.6) is 5.75 Å². The molecule has 0 saturated carbocycles. The Morgan fingerprint density at radius 2 is 2.19 bits per heavy atom. The standard InChI is InChI=1S/C16H21BrN2O2/c1-11(2)8-18-9-13-5-4-6-15(17)16(13)20-10-14-7-12(3)21-19-14/h4-7,11,18H,8-10H2,1-3H3. The van der Waals surface area contributed by atoms with E-state index in [4.69, 9.17) is 9.26 Å². The summed E-state index contributed by atoms with van der Waals surface area (Å²) in [5, 5.41) is 7.38. The van der Waals surface area contributed by atoms with E-state index < -0.39 is 0 Å². The van der Waals surface area contributed by atoms with E-state index in [1.54, 1.807) is 0 Å². The Morgan fingerprint density at radius 1 is 1.38 bits per heavy atom. The van der Waals surface area contributed by atoms with Gasteiger partial charge >= 0.3 is 0 Å². The molecule has 0 saturated heterocycles. The molecule has 0 bridgehead atoms. The van der Waals surface area contributed by atoms with E-state index in [9.17, 15) is 0 Å². The van der Waals surface area contributed by atoms with E-state index >= 15 is 0 Å². The van der Waals surface area contributed by atoms with Gasteiger partial charge in [-0.25, -0.2) is 0 Å². The van der Waals surface area contributed by atoms with Crippen LogP contribution in [0, 0.1) is 12.8 Å². The van der Waals surface area contributed by atoms with Gasteiger partial charge in [0, 0.05) is 18.2 Å². The Hall–Kier alpha value is -1.33. The highest BCUT2D eigenvalue weighted by molar-refractivity contribution is 9.10. The second-order valence-corrected chi connectivity index (χ2v) is 6.32. The molecule has 5 heteroatoms. The van der Waals surface area contributed by atoms with Crippen molar-refractivity contribution in [2.75, 3.05) is 6.54 Å². The van der Waals surface area contributed by atoms with Crippen LogP contribution in [0.2, 0.25) is 0 Å². The topological polar surface area (TPSA) is 47.3 Å². The Bertz CT molecular complexity index is 581. The van der Waals surface area contributed by atoms with E-state index in [0.717, 1.165) is 40.3 Å². The zero-order valence-corrected chi connectivity index (χ0v) is 14.2. The first-order valence-electron chi connectivity index (χ1n) is 7.09. The van der Waals surface area contributed by atoms with Crippen LogP contribution < -0.4 is 10.1 Å². The van der Waals surface area contributed by atoms with E-state index in [1.165, 1.54) is 0 Å². The van der Waals surface area contributed by atoms with Crippen molar-refractivity contribution in [3.63, 3.8) is 0 Å². The zero-order valence-electron chi connectivity index (χ0n) is 12.6. The summed E-state index contributed by atoms with van der Waals surface area (Å²) in [6.45, 7) is 8.42. The molecule has 2 rings (SSSR count). The first-order valence-corrected chi connectivity index (χ1v) is 7.88. The summed E-state index contributed by atoms with van der Waals surface area (Å²) in [6, 6.07) is 7.95. The van der Waals surface area contributed by atoms with E-state index in [0.29, 0.717) is 12.5 Å². The second-order valence-electron chi connectivity index (χ2n) is 5.47. The molecule has 0 unspecified atom stereocenters. The molecule has 0 amide bonds. The third-order valence-electron chi connectivity index (χ3n) is 2.96. The number of aromatic nitrogens is 1. The van der Waals surface area contributed by atoms with Gasteiger partial charge in [0.1, 0.15) is 23.8 Å². The maximum absolute atomic E-state index is 5.92. The van der Waals surface area contributed by atoms with Crippen molar-refractivity contribution < 1.29 is 9.26 Å². The first kappa shape index (κ1) is 16.0. The fourth-order valence-electron chi connectivity index (χ4n) is 1.98. The van der Waals surface area contributed by atoms with Gasteiger partial charge in [0.25, 0.3) is 0 Å². The number of halogens is 1. The van der Waals surface area contributed by atoms with Crippen molar-refractivity contribution in [1.82, 2.24) is 10.5 Å². The minimum absolute atomic E-state index is 0.400. The van der Waals surface area contributed by atoms with Gasteiger partial charge in [-0.1, -0.05) is 31.1 Å². The zero-order chi connectivity index (χ0) is 15.2. The van der Waals surface area contributed by atoms with E-state index in [2.05, 4.69) is 46.3 Å². The lowest BCUT2D eigenvalue weighted by atomic mass is 10.2. The van der Waals surface area contributed by atoms with Crippen LogP contribution in [0.1, 0.15) is 30.9 Å². The number of nitrogens with zero attached hydrogens (tertiary/aromatic N) is 1. The Morgan fingerprint density at radius 3 is 2.86 bits per heavy atom. The van der Waals surface area contributed by atoms with Crippen molar-refractivity contribution in [1.29, 1.82) is 0 Å². The third kappa shape index (κ3) is 4.86. The van der Waals surface area contributed by atoms with Crippen LogP contribution >= 0.6 is 15.9 Å². The van der Waals surface area contributed by atoms with Crippen molar-refractivity contribution in [2.45, 2.75) is 33.9 Å². The number of rotatable bonds is 7. The molecule has 114 valence electrons. The predicted molar refractivity (Wildman–Crippen MR) is 86.3 cm³/mol. The predicted octanol–water partition coefficient (Wildman–Crippen LogP) is 4.07. The van der Waals surface area contributed by atoms with Gasteiger partial charge in [0.05, 0.1) is 4.47 Å². The molecule has 1 aromatic heterocycles. The summed E-state index contributed by atoms with van der Waals surface area (Å²) in [5.41, 5.74) is 1.93. The Labute approximate surface area is 134 Å². The first-order chi connectivity index (χ1) is 10.1.